The number of ether oxygens (including phenoxy) is 2. The van der Waals surface area contributed by atoms with Gasteiger partial charge >= 0.3 is 0 Å². The molecule has 0 unspecified atom stereocenters. The molecule has 10 nitrogen and oxygen atoms in total. The lowest BCUT2D eigenvalue weighted by Crippen LogP contribution is -2.60. The third kappa shape index (κ3) is 3.72. The average molecular weight is 478 g/mol. The average Bonchev–Trinajstić information content (AvgIpc) is 3.57. The van der Waals surface area contributed by atoms with Gasteiger partial charge in [-0.15, -0.1) is 0 Å². The minimum Gasteiger partial charge on any atom is -0.439 e. The highest BCUT2D eigenvalue weighted by atomic mass is 19.1. The van der Waals surface area contributed by atoms with Crippen LogP contribution < -0.4 is 10.5 Å². The minimum atomic E-state index is -1.27. The van der Waals surface area contributed by atoms with Crippen LogP contribution in [0.25, 0.3) is 5.82 Å². The smallest absolute Gasteiger partial charge is 0.235 e. The van der Waals surface area contributed by atoms with Crippen LogP contribution in [-0.4, -0.2) is 56.3 Å². The van der Waals surface area contributed by atoms with E-state index in [-0.39, 0.29) is 36.0 Å². The number of nitrogens with zero attached hydrogens (tertiary/aromatic N) is 6. The lowest BCUT2D eigenvalue weighted by molar-refractivity contribution is -0.146. The van der Waals surface area contributed by atoms with Crippen molar-refractivity contribution in [2.24, 2.45) is 22.6 Å². The zero-order valence-corrected chi connectivity index (χ0v) is 19.0. The van der Waals surface area contributed by atoms with Crippen molar-refractivity contribution in [2.75, 3.05) is 13.7 Å². The molecule has 35 heavy (non-hydrogen) atoms. The number of rotatable bonds is 5. The Hall–Kier alpha value is -3.86. The van der Waals surface area contributed by atoms with Crippen molar-refractivity contribution < 1.29 is 18.7 Å². The monoisotopic (exact) mass is 477 g/mol. The number of nitrogens with two attached hydrogens (primary N) is 1. The topological polar surface area (TPSA) is 121 Å². The molecule has 1 saturated carbocycles. The Morgan fingerprint density at radius 3 is 2.89 bits per heavy atom. The standard InChI is InChI=1S/C24H24FN7O3/c1-31-22(33)17-10-19(14-3-4-14)34-12-24(17,30-23(31)26)16-9-15(5-6-18(16)25)35-21-11-20(27-13-28-21)32-8-2-7-29-32/h2,5-9,11,13-14,17,19H,3-4,10,12H2,1H3,(H2,26,30)/t17-,19+,24+/m0/s1. The van der Waals surface area contributed by atoms with Crippen LogP contribution in [0.2, 0.25) is 0 Å². The lowest BCUT2D eigenvalue weighted by Gasteiger charge is -2.47. The molecule has 180 valence electrons. The van der Waals surface area contributed by atoms with Crippen LogP contribution in [0.3, 0.4) is 0 Å². The molecular weight excluding hydrogens is 453 g/mol. The predicted molar refractivity (Wildman–Crippen MR) is 122 cm³/mol. The van der Waals surface area contributed by atoms with Gasteiger partial charge in [0.25, 0.3) is 0 Å². The van der Waals surface area contributed by atoms with E-state index in [9.17, 15) is 4.79 Å². The van der Waals surface area contributed by atoms with E-state index in [1.54, 1.807) is 42.3 Å². The number of fused-ring (bicyclic) bond motifs is 1. The Kier molecular flexibility index (Phi) is 5.03. The molecule has 0 bridgehead atoms. The fourth-order valence-corrected chi connectivity index (χ4v) is 4.93. The summed E-state index contributed by atoms with van der Waals surface area (Å²) in [6.45, 7) is 0.0659. The molecule has 3 atom stereocenters. The molecule has 2 aliphatic heterocycles. The number of halogens is 1. The van der Waals surface area contributed by atoms with Crippen LogP contribution in [0.4, 0.5) is 4.39 Å². The minimum absolute atomic E-state index is 0.0325. The van der Waals surface area contributed by atoms with Gasteiger partial charge in [0.2, 0.25) is 11.8 Å². The molecule has 1 aromatic carbocycles. The second-order valence-electron chi connectivity index (χ2n) is 9.18. The van der Waals surface area contributed by atoms with E-state index >= 15 is 4.39 Å². The van der Waals surface area contributed by atoms with Gasteiger partial charge in [0.1, 0.15) is 23.4 Å². The summed E-state index contributed by atoms with van der Waals surface area (Å²) in [7, 11) is 1.59. The molecule has 1 amide bonds. The van der Waals surface area contributed by atoms with Gasteiger partial charge in [-0.2, -0.15) is 5.10 Å². The molecule has 2 N–H and O–H groups in total. The molecule has 2 aromatic heterocycles. The van der Waals surface area contributed by atoms with E-state index in [1.807, 2.05) is 0 Å². The SMILES string of the molecule is CN1C(=O)[C@@H]2C[C@H](C3CC3)OC[C@]2(c2cc(Oc3cc(-n4cccn4)ncn3)ccc2F)N=C1N. The first-order valence-corrected chi connectivity index (χ1v) is 11.5. The fourth-order valence-electron chi connectivity index (χ4n) is 4.93. The molecule has 0 radical (unpaired) electrons. The maximum Gasteiger partial charge on any atom is 0.235 e. The summed E-state index contributed by atoms with van der Waals surface area (Å²) in [4.78, 5) is 27.6. The van der Waals surface area contributed by atoms with Crippen LogP contribution in [-0.2, 0) is 15.1 Å². The van der Waals surface area contributed by atoms with E-state index < -0.39 is 17.3 Å². The molecule has 0 spiro atoms. The number of hydrogen-bond donors (Lipinski definition) is 1. The van der Waals surface area contributed by atoms with Crippen molar-refractivity contribution in [2.45, 2.75) is 30.9 Å². The summed E-state index contributed by atoms with van der Waals surface area (Å²) in [5.41, 5.74) is 5.04. The zero-order chi connectivity index (χ0) is 24.2. The number of aliphatic imine (C=N–C) groups is 1. The third-order valence-electron chi connectivity index (χ3n) is 6.99. The highest BCUT2D eigenvalue weighted by molar-refractivity contribution is 6.00. The van der Waals surface area contributed by atoms with E-state index in [0.717, 1.165) is 12.8 Å². The van der Waals surface area contributed by atoms with Gasteiger partial charge < -0.3 is 15.2 Å². The molecule has 3 aromatic rings. The number of hydrogen-bond acceptors (Lipinski definition) is 8. The largest absolute Gasteiger partial charge is 0.439 e. The molecular formula is C24H24FN7O3. The molecule has 1 aliphatic carbocycles. The number of benzene rings is 1. The fraction of sp³-hybridized carbons (Fsp3) is 0.375. The van der Waals surface area contributed by atoms with Gasteiger partial charge in [-0.1, -0.05) is 0 Å². The van der Waals surface area contributed by atoms with Crippen molar-refractivity contribution in [3.63, 3.8) is 0 Å². The quantitative estimate of drug-likeness (QED) is 0.599. The predicted octanol–water partition coefficient (Wildman–Crippen LogP) is 2.39. The second kappa shape index (κ2) is 8.12. The highest BCUT2D eigenvalue weighted by Crippen LogP contribution is 2.50. The van der Waals surface area contributed by atoms with Gasteiger partial charge in [-0.05, 0) is 49.4 Å². The summed E-state index contributed by atoms with van der Waals surface area (Å²) < 4.78 is 29.0. The summed E-state index contributed by atoms with van der Waals surface area (Å²) in [6.07, 6.45) is 7.34. The van der Waals surface area contributed by atoms with Crippen LogP contribution in [0.5, 0.6) is 11.6 Å². The number of amides is 1. The first-order chi connectivity index (χ1) is 16.9. The van der Waals surface area contributed by atoms with E-state index in [0.29, 0.717) is 23.9 Å². The van der Waals surface area contributed by atoms with Gasteiger partial charge in [-0.25, -0.2) is 24.0 Å². The molecule has 4 heterocycles. The van der Waals surface area contributed by atoms with Gasteiger partial charge in [0, 0.05) is 31.1 Å². The van der Waals surface area contributed by atoms with Crippen molar-refractivity contribution in [3.05, 3.63) is 60.4 Å². The van der Waals surface area contributed by atoms with Crippen LogP contribution in [0.1, 0.15) is 24.8 Å². The van der Waals surface area contributed by atoms with E-state index in [1.165, 1.54) is 23.4 Å². The zero-order valence-electron chi connectivity index (χ0n) is 19.0. The lowest BCUT2D eigenvalue weighted by atomic mass is 9.72. The van der Waals surface area contributed by atoms with Crippen molar-refractivity contribution in [3.8, 4) is 17.4 Å². The van der Waals surface area contributed by atoms with Crippen LogP contribution in [0.15, 0.2) is 54.0 Å². The van der Waals surface area contributed by atoms with E-state index in [2.05, 4.69) is 20.1 Å². The molecule has 11 heteroatoms. The number of carbonyl (C=O) groups is 1. The first-order valence-electron chi connectivity index (χ1n) is 11.5. The highest BCUT2D eigenvalue weighted by Gasteiger charge is 2.56. The summed E-state index contributed by atoms with van der Waals surface area (Å²) in [5, 5.41) is 4.15. The Labute approximate surface area is 200 Å². The summed E-state index contributed by atoms with van der Waals surface area (Å²) in [5.74, 6) is 0.306. The normalized spacial score (nSPS) is 26.3. The van der Waals surface area contributed by atoms with Crippen molar-refractivity contribution in [1.29, 1.82) is 0 Å². The molecule has 3 aliphatic rings. The molecule has 6 rings (SSSR count). The molecule has 2 fully saturated rings. The van der Waals surface area contributed by atoms with Gasteiger partial charge in [0.15, 0.2) is 11.8 Å². The van der Waals surface area contributed by atoms with Gasteiger partial charge in [-0.3, -0.25) is 9.69 Å². The summed E-state index contributed by atoms with van der Waals surface area (Å²) >= 11 is 0. The molecule has 1 saturated heterocycles. The Balaban J connectivity index is 1.37. The maximum atomic E-state index is 15.3. The van der Waals surface area contributed by atoms with Crippen molar-refractivity contribution >= 4 is 11.9 Å². The van der Waals surface area contributed by atoms with Crippen LogP contribution in [0, 0.1) is 17.7 Å². The second-order valence-corrected chi connectivity index (χ2v) is 9.18. The summed E-state index contributed by atoms with van der Waals surface area (Å²) in [6, 6.07) is 7.75. The van der Waals surface area contributed by atoms with Crippen LogP contribution >= 0.6 is 0 Å². The van der Waals surface area contributed by atoms with Crippen molar-refractivity contribution in [1.82, 2.24) is 24.6 Å². The Morgan fingerprint density at radius 2 is 2.11 bits per heavy atom. The third-order valence-corrected chi connectivity index (χ3v) is 6.99. The van der Waals surface area contributed by atoms with E-state index in [4.69, 9.17) is 15.2 Å². The number of carbonyl (C=O) groups excluding carboxylic acids is 1. The van der Waals surface area contributed by atoms with Gasteiger partial charge in [0.05, 0.1) is 18.6 Å². The maximum absolute atomic E-state index is 15.3. The number of aromatic nitrogens is 4. The Morgan fingerprint density at radius 1 is 1.26 bits per heavy atom. The number of guanidine groups is 1. The first kappa shape index (κ1) is 21.7. The Bertz CT molecular complexity index is 1310.